The summed E-state index contributed by atoms with van der Waals surface area (Å²) >= 11 is 0. The van der Waals surface area contributed by atoms with Crippen LogP contribution in [0.5, 0.6) is 0 Å². The average molecular weight is 320 g/mol. The lowest BCUT2D eigenvalue weighted by molar-refractivity contribution is -0.154. The smallest absolute Gasteiger partial charge is 0.329 e. The van der Waals surface area contributed by atoms with E-state index in [1.807, 2.05) is 30.3 Å². The SMILES string of the molecule is O=CNCC(=O)N1CC(CO)CC1C(=O)OCc1ccccc1. The number of ether oxygens (including phenoxy) is 1. The van der Waals surface area contributed by atoms with Crippen LogP contribution in [-0.4, -0.2) is 54.0 Å². The molecule has 1 aromatic rings. The Morgan fingerprint density at radius 1 is 1.35 bits per heavy atom. The highest BCUT2D eigenvalue weighted by atomic mass is 16.5. The molecule has 2 N–H and O–H groups in total. The first-order valence-electron chi connectivity index (χ1n) is 7.43. The summed E-state index contributed by atoms with van der Waals surface area (Å²) in [5.41, 5.74) is 0.859. The summed E-state index contributed by atoms with van der Waals surface area (Å²) in [7, 11) is 0. The molecule has 0 aliphatic carbocycles. The van der Waals surface area contributed by atoms with Gasteiger partial charge >= 0.3 is 5.97 Å². The van der Waals surface area contributed by atoms with Crippen molar-refractivity contribution in [2.24, 2.45) is 5.92 Å². The first-order valence-corrected chi connectivity index (χ1v) is 7.43. The number of benzene rings is 1. The zero-order valence-corrected chi connectivity index (χ0v) is 12.7. The van der Waals surface area contributed by atoms with Crippen molar-refractivity contribution in [1.29, 1.82) is 0 Å². The lowest BCUT2D eigenvalue weighted by atomic mass is 10.1. The van der Waals surface area contributed by atoms with Gasteiger partial charge in [-0.25, -0.2) is 4.79 Å². The Hall–Kier alpha value is -2.41. The topological polar surface area (TPSA) is 95.9 Å². The minimum Gasteiger partial charge on any atom is -0.459 e. The van der Waals surface area contributed by atoms with Gasteiger partial charge in [-0.2, -0.15) is 0 Å². The molecule has 2 atom stereocenters. The number of nitrogens with one attached hydrogen (secondary N) is 1. The molecule has 0 radical (unpaired) electrons. The Morgan fingerprint density at radius 2 is 2.09 bits per heavy atom. The van der Waals surface area contributed by atoms with Crippen molar-refractivity contribution in [1.82, 2.24) is 10.2 Å². The van der Waals surface area contributed by atoms with Crippen molar-refractivity contribution in [2.45, 2.75) is 19.1 Å². The van der Waals surface area contributed by atoms with Gasteiger partial charge in [0, 0.05) is 19.1 Å². The van der Waals surface area contributed by atoms with Crippen molar-refractivity contribution >= 4 is 18.3 Å². The summed E-state index contributed by atoms with van der Waals surface area (Å²) < 4.78 is 5.29. The van der Waals surface area contributed by atoms with Gasteiger partial charge < -0.3 is 20.1 Å². The number of aliphatic hydroxyl groups is 1. The number of rotatable bonds is 7. The normalized spacial score (nSPS) is 20.1. The van der Waals surface area contributed by atoms with Gasteiger partial charge in [0.1, 0.15) is 12.6 Å². The largest absolute Gasteiger partial charge is 0.459 e. The lowest BCUT2D eigenvalue weighted by Crippen LogP contribution is -2.45. The maximum absolute atomic E-state index is 12.3. The van der Waals surface area contributed by atoms with Crippen LogP contribution in [0.25, 0.3) is 0 Å². The van der Waals surface area contributed by atoms with Crippen LogP contribution < -0.4 is 5.32 Å². The summed E-state index contributed by atoms with van der Waals surface area (Å²) in [6.45, 7) is 0.132. The molecule has 2 unspecified atom stereocenters. The number of carbonyl (C=O) groups is 3. The average Bonchev–Trinajstić information content (AvgIpc) is 3.03. The lowest BCUT2D eigenvalue weighted by Gasteiger charge is -2.23. The third-order valence-corrected chi connectivity index (χ3v) is 3.80. The van der Waals surface area contributed by atoms with Gasteiger partial charge in [-0.15, -0.1) is 0 Å². The van der Waals surface area contributed by atoms with Crippen molar-refractivity contribution < 1.29 is 24.2 Å². The maximum atomic E-state index is 12.3. The van der Waals surface area contributed by atoms with Gasteiger partial charge in [-0.1, -0.05) is 30.3 Å². The van der Waals surface area contributed by atoms with Crippen LogP contribution in [0.1, 0.15) is 12.0 Å². The molecule has 0 spiro atoms. The van der Waals surface area contributed by atoms with Crippen LogP contribution in [0.2, 0.25) is 0 Å². The fourth-order valence-corrected chi connectivity index (χ4v) is 2.61. The number of esters is 1. The molecule has 23 heavy (non-hydrogen) atoms. The van der Waals surface area contributed by atoms with E-state index in [4.69, 9.17) is 4.74 Å². The summed E-state index contributed by atoms with van der Waals surface area (Å²) in [5.74, 6) is -1.02. The van der Waals surface area contributed by atoms with Crippen LogP contribution in [0.15, 0.2) is 30.3 Å². The van der Waals surface area contributed by atoms with E-state index in [2.05, 4.69) is 5.32 Å². The first-order chi connectivity index (χ1) is 11.2. The molecule has 124 valence electrons. The molecule has 1 aromatic carbocycles. The van der Waals surface area contributed by atoms with Gasteiger partial charge in [0.25, 0.3) is 0 Å². The second kappa shape index (κ2) is 8.28. The summed E-state index contributed by atoms with van der Waals surface area (Å²) in [6.07, 6.45) is 0.789. The fraction of sp³-hybridized carbons (Fsp3) is 0.438. The second-order valence-electron chi connectivity index (χ2n) is 5.44. The third kappa shape index (κ3) is 4.53. The zero-order chi connectivity index (χ0) is 16.7. The Kier molecular flexibility index (Phi) is 6.10. The van der Waals surface area contributed by atoms with E-state index < -0.39 is 12.0 Å². The van der Waals surface area contributed by atoms with Crippen molar-refractivity contribution in [3.05, 3.63) is 35.9 Å². The highest BCUT2D eigenvalue weighted by Crippen LogP contribution is 2.24. The van der Waals surface area contributed by atoms with Gasteiger partial charge in [-0.05, 0) is 12.0 Å². The molecule has 1 saturated heterocycles. The molecule has 2 rings (SSSR count). The molecule has 1 aliphatic rings. The number of amides is 2. The fourth-order valence-electron chi connectivity index (χ4n) is 2.61. The standard InChI is InChI=1S/C16H20N2O5/c19-9-13-6-14(18(8-13)15(21)7-17-11-20)16(22)23-10-12-4-2-1-3-5-12/h1-5,11,13-14,19H,6-10H2,(H,17,20). The Labute approximate surface area is 134 Å². The third-order valence-electron chi connectivity index (χ3n) is 3.80. The summed E-state index contributed by atoms with van der Waals surface area (Å²) in [6, 6.07) is 8.53. The predicted octanol–water partition coefficient (Wildman–Crippen LogP) is -0.315. The zero-order valence-electron chi connectivity index (χ0n) is 12.7. The number of aliphatic hydroxyl groups excluding tert-OH is 1. The second-order valence-corrected chi connectivity index (χ2v) is 5.44. The van der Waals surface area contributed by atoms with Crippen molar-refractivity contribution in [3.8, 4) is 0 Å². The van der Waals surface area contributed by atoms with E-state index in [9.17, 15) is 19.5 Å². The van der Waals surface area contributed by atoms with Gasteiger partial charge in [0.15, 0.2) is 0 Å². The molecule has 1 fully saturated rings. The Balaban J connectivity index is 1.97. The maximum Gasteiger partial charge on any atom is 0.329 e. The first kappa shape index (κ1) is 17.0. The molecule has 0 bridgehead atoms. The van der Waals surface area contributed by atoms with E-state index in [0.29, 0.717) is 12.8 Å². The minimum atomic E-state index is -0.725. The number of hydrogen-bond acceptors (Lipinski definition) is 5. The van der Waals surface area contributed by atoms with Crippen molar-refractivity contribution in [3.63, 3.8) is 0 Å². The molecular formula is C16H20N2O5. The van der Waals surface area contributed by atoms with Crippen LogP contribution >= 0.6 is 0 Å². The summed E-state index contributed by atoms with van der Waals surface area (Å²) in [5, 5.41) is 11.6. The molecular weight excluding hydrogens is 300 g/mol. The Morgan fingerprint density at radius 3 is 2.74 bits per heavy atom. The molecule has 0 saturated carbocycles. The van der Waals surface area contributed by atoms with Crippen LogP contribution in [0, 0.1) is 5.92 Å². The molecule has 1 aliphatic heterocycles. The monoisotopic (exact) mass is 320 g/mol. The van der Waals surface area contributed by atoms with Crippen LogP contribution in [0.3, 0.4) is 0 Å². The predicted molar refractivity (Wildman–Crippen MR) is 81.0 cm³/mol. The molecule has 7 nitrogen and oxygen atoms in total. The van der Waals surface area contributed by atoms with Crippen molar-refractivity contribution in [2.75, 3.05) is 19.7 Å². The minimum absolute atomic E-state index is 0.104. The quantitative estimate of drug-likeness (QED) is 0.530. The number of hydrogen-bond donors (Lipinski definition) is 2. The molecule has 1 heterocycles. The molecule has 0 aromatic heterocycles. The van der Waals surface area contributed by atoms with Gasteiger partial charge in [-0.3, -0.25) is 9.59 Å². The van der Waals surface area contributed by atoms with E-state index >= 15 is 0 Å². The van der Waals surface area contributed by atoms with E-state index in [1.165, 1.54) is 4.90 Å². The highest BCUT2D eigenvalue weighted by molar-refractivity contribution is 5.87. The van der Waals surface area contributed by atoms with E-state index in [-0.39, 0.29) is 38.1 Å². The highest BCUT2D eigenvalue weighted by Gasteiger charge is 2.40. The molecule has 7 heteroatoms. The van der Waals surface area contributed by atoms with E-state index in [0.717, 1.165) is 5.56 Å². The summed E-state index contributed by atoms with van der Waals surface area (Å²) in [4.78, 5) is 36.0. The number of carbonyl (C=O) groups excluding carboxylic acids is 3. The van der Waals surface area contributed by atoms with Gasteiger partial charge in [0.2, 0.25) is 12.3 Å². The van der Waals surface area contributed by atoms with Gasteiger partial charge in [0.05, 0.1) is 6.54 Å². The number of likely N-dealkylation sites (tertiary alicyclic amines) is 1. The van der Waals surface area contributed by atoms with E-state index in [1.54, 1.807) is 0 Å². The molecule has 2 amide bonds. The van der Waals surface area contributed by atoms with Crippen LogP contribution in [-0.2, 0) is 25.7 Å². The Bertz CT molecular complexity index is 549. The van der Waals surface area contributed by atoms with Crippen LogP contribution in [0.4, 0.5) is 0 Å². The number of nitrogens with zero attached hydrogens (tertiary/aromatic N) is 1.